The second kappa shape index (κ2) is 5.05. The van der Waals surface area contributed by atoms with Gasteiger partial charge in [-0.15, -0.1) is 0 Å². The number of rotatable bonds is 3. The first-order chi connectivity index (χ1) is 8.88. The Kier molecular flexibility index (Phi) is 3.62. The van der Waals surface area contributed by atoms with E-state index in [0.29, 0.717) is 5.69 Å². The molecule has 0 spiro atoms. The molecule has 0 fully saturated rings. The summed E-state index contributed by atoms with van der Waals surface area (Å²) in [6.07, 6.45) is 1.36. The summed E-state index contributed by atoms with van der Waals surface area (Å²) in [5, 5.41) is 10.4. The highest BCUT2D eigenvalue weighted by Crippen LogP contribution is 2.25. The summed E-state index contributed by atoms with van der Waals surface area (Å²) in [6, 6.07) is 7.13. The van der Waals surface area contributed by atoms with Crippen molar-refractivity contribution in [2.45, 2.75) is 25.9 Å². The van der Waals surface area contributed by atoms with Gasteiger partial charge in [-0.3, -0.25) is 4.98 Å². The number of aryl methyl sites for hydroxylation is 1. The Hall–Kier alpha value is -1.81. The van der Waals surface area contributed by atoms with E-state index in [0.717, 1.165) is 17.3 Å². The van der Waals surface area contributed by atoms with Crippen LogP contribution in [-0.4, -0.2) is 10.1 Å². The van der Waals surface area contributed by atoms with Crippen molar-refractivity contribution in [3.63, 3.8) is 0 Å². The number of aromatic nitrogens is 1. The molecule has 1 atom stereocenters. The molecular formula is C15H15F2NO. The number of aliphatic hydroxyl groups is 1. The fourth-order valence-electron chi connectivity index (χ4n) is 2.01. The Balaban J connectivity index is 2.27. The van der Waals surface area contributed by atoms with Crippen LogP contribution in [0.2, 0.25) is 0 Å². The third-order valence-electron chi connectivity index (χ3n) is 3.12. The van der Waals surface area contributed by atoms with Gasteiger partial charge in [-0.2, -0.15) is 0 Å². The summed E-state index contributed by atoms with van der Waals surface area (Å²) in [7, 11) is 0. The number of nitrogens with zero attached hydrogens (tertiary/aromatic N) is 1. The molecule has 2 rings (SSSR count). The van der Waals surface area contributed by atoms with Gasteiger partial charge in [0.1, 0.15) is 17.2 Å². The fourth-order valence-corrected chi connectivity index (χ4v) is 2.01. The summed E-state index contributed by atoms with van der Waals surface area (Å²) >= 11 is 0. The smallest absolute Gasteiger partial charge is 0.141 e. The van der Waals surface area contributed by atoms with Crippen LogP contribution in [0.25, 0.3) is 0 Å². The molecule has 0 radical (unpaired) electrons. The highest BCUT2D eigenvalue weighted by molar-refractivity contribution is 5.29. The lowest BCUT2D eigenvalue weighted by molar-refractivity contribution is 0.0527. The van der Waals surface area contributed by atoms with Gasteiger partial charge >= 0.3 is 0 Å². The quantitative estimate of drug-likeness (QED) is 0.923. The SMILES string of the molecule is Cc1cc(F)ccc1CC(C)(O)c1ccc(F)cn1. The first-order valence-corrected chi connectivity index (χ1v) is 5.98. The van der Waals surface area contributed by atoms with Gasteiger partial charge in [0, 0.05) is 6.42 Å². The fraction of sp³-hybridized carbons (Fsp3) is 0.267. The molecule has 1 aromatic carbocycles. The van der Waals surface area contributed by atoms with Gasteiger partial charge in [-0.25, -0.2) is 8.78 Å². The van der Waals surface area contributed by atoms with Crippen LogP contribution in [0.3, 0.4) is 0 Å². The van der Waals surface area contributed by atoms with Crippen molar-refractivity contribution >= 4 is 0 Å². The van der Waals surface area contributed by atoms with E-state index in [-0.39, 0.29) is 12.2 Å². The molecule has 0 saturated carbocycles. The highest BCUT2D eigenvalue weighted by atomic mass is 19.1. The second-order valence-corrected chi connectivity index (χ2v) is 4.88. The van der Waals surface area contributed by atoms with Crippen molar-refractivity contribution in [2.75, 3.05) is 0 Å². The molecule has 1 heterocycles. The molecule has 2 aromatic rings. The summed E-state index contributed by atoms with van der Waals surface area (Å²) < 4.78 is 25.9. The molecule has 0 aliphatic heterocycles. The van der Waals surface area contributed by atoms with Gasteiger partial charge in [0.05, 0.1) is 11.9 Å². The van der Waals surface area contributed by atoms with Crippen LogP contribution in [0.15, 0.2) is 36.5 Å². The molecule has 0 aliphatic carbocycles. The number of hydrogen-bond donors (Lipinski definition) is 1. The standard InChI is InChI=1S/C15H15F2NO/c1-10-7-12(16)4-3-11(10)8-15(2,19)14-6-5-13(17)9-18-14/h3-7,9,19H,8H2,1-2H3. The minimum absolute atomic E-state index is 0.289. The molecule has 0 aliphatic rings. The number of hydrogen-bond acceptors (Lipinski definition) is 2. The van der Waals surface area contributed by atoms with Crippen molar-refractivity contribution < 1.29 is 13.9 Å². The molecule has 4 heteroatoms. The minimum Gasteiger partial charge on any atom is -0.383 e. The first kappa shape index (κ1) is 13.6. The van der Waals surface area contributed by atoms with Gasteiger partial charge in [0.15, 0.2) is 0 Å². The van der Waals surface area contributed by atoms with E-state index in [9.17, 15) is 13.9 Å². The summed E-state index contributed by atoms with van der Waals surface area (Å²) in [6.45, 7) is 3.39. The van der Waals surface area contributed by atoms with E-state index in [1.807, 2.05) is 0 Å². The van der Waals surface area contributed by atoms with Gasteiger partial charge in [-0.05, 0) is 49.2 Å². The molecule has 0 amide bonds. The molecule has 1 unspecified atom stereocenters. The molecular weight excluding hydrogens is 248 g/mol. The molecule has 2 nitrogen and oxygen atoms in total. The van der Waals surface area contributed by atoms with Crippen LogP contribution in [0.4, 0.5) is 8.78 Å². The maximum atomic E-state index is 13.0. The summed E-state index contributed by atoms with van der Waals surface area (Å²) in [5.74, 6) is -0.752. The van der Waals surface area contributed by atoms with Crippen LogP contribution in [0, 0.1) is 18.6 Å². The molecule has 0 bridgehead atoms. The number of benzene rings is 1. The van der Waals surface area contributed by atoms with E-state index >= 15 is 0 Å². The van der Waals surface area contributed by atoms with E-state index < -0.39 is 11.4 Å². The predicted molar refractivity (Wildman–Crippen MR) is 68.6 cm³/mol. The molecule has 1 aromatic heterocycles. The maximum absolute atomic E-state index is 13.0. The molecule has 19 heavy (non-hydrogen) atoms. The van der Waals surface area contributed by atoms with Crippen molar-refractivity contribution in [1.82, 2.24) is 4.98 Å². The van der Waals surface area contributed by atoms with Crippen LogP contribution in [0.5, 0.6) is 0 Å². The largest absolute Gasteiger partial charge is 0.383 e. The van der Waals surface area contributed by atoms with Crippen LogP contribution < -0.4 is 0 Å². The lowest BCUT2D eigenvalue weighted by Gasteiger charge is -2.23. The third-order valence-corrected chi connectivity index (χ3v) is 3.12. The molecule has 1 N–H and O–H groups in total. The van der Waals surface area contributed by atoms with Gasteiger partial charge in [-0.1, -0.05) is 6.07 Å². The van der Waals surface area contributed by atoms with E-state index in [1.165, 1.54) is 24.3 Å². The second-order valence-electron chi connectivity index (χ2n) is 4.88. The first-order valence-electron chi connectivity index (χ1n) is 5.98. The highest BCUT2D eigenvalue weighted by Gasteiger charge is 2.25. The summed E-state index contributed by atoms with van der Waals surface area (Å²) in [4.78, 5) is 3.89. The van der Waals surface area contributed by atoms with Gasteiger partial charge < -0.3 is 5.11 Å². The maximum Gasteiger partial charge on any atom is 0.141 e. The normalized spacial score (nSPS) is 14.2. The van der Waals surface area contributed by atoms with Crippen molar-refractivity contribution in [3.8, 4) is 0 Å². The third kappa shape index (κ3) is 3.15. The van der Waals surface area contributed by atoms with E-state index in [2.05, 4.69) is 4.98 Å². The zero-order chi connectivity index (χ0) is 14.0. The Labute approximate surface area is 110 Å². The van der Waals surface area contributed by atoms with Crippen molar-refractivity contribution in [1.29, 1.82) is 0 Å². The zero-order valence-corrected chi connectivity index (χ0v) is 10.8. The predicted octanol–water partition coefficient (Wildman–Crippen LogP) is 3.12. The minimum atomic E-state index is -1.23. The summed E-state index contributed by atoms with van der Waals surface area (Å²) in [5.41, 5.74) is 0.758. The molecule has 0 saturated heterocycles. The monoisotopic (exact) mass is 263 g/mol. The average molecular weight is 263 g/mol. The van der Waals surface area contributed by atoms with Crippen LogP contribution >= 0.6 is 0 Å². The zero-order valence-electron chi connectivity index (χ0n) is 10.8. The Bertz CT molecular complexity index is 579. The van der Waals surface area contributed by atoms with Crippen LogP contribution in [0.1, 0.15) is 23.7 Å². The Morgan fingerprint density at radius 3 is 2.42 bits per heavy atom. The van der Waals surface area contributed by atoms with Gasteiger partial charge in [0.25, 0.3) is 0 Å². The van der Waals surface area contributed by atoms with Crippen LogP contribution in [-0.2, 0) is 12.0 Å². The number of halogens is 2. The van der Waals surface area contributed by atoms with E-state index in [4.69, 9.17) is 0 Å². The van der Waals surface area contributed by atoms with Gasteiger partial charge in [0.2, 0.25) is 0 Å². The molecule has 100 valence electrons. The average Bonchev–Trinajstić information content (AvgIpc) is 2.33. The lowest BCUT2D eigenvalue weighted by atomic mass is 9.90. The van der Waals surface area contributed by atoms with Crippen molar-refractivity contribution in [3.05, 3.63) is 65.0 Å². The van der Waals surface area contributed by atoms with Crippen molar-refractivity contribution in [2.24, 2.45) is 0 Å². The lowest BCUT2D eigenvalue weighted by Crippen LogP contribution is -2.26. The number of pyridine rings is 1. The van der Waals surface area contributed by atoms with E-state index in [1.54, 1.807) is 19.9 Å². The Morgan fingerprint density at radius 1 is 1.16 bits per heavy atom. The Morgan fingerprint density at radius 2 is 1.84 bits per heavy atom. The topological polar surface area (TPSA) is 33.1 Å².